The van der Waals surface area contributed by atoms with Gasteiger partial charge in [-0.2, -0.15) is 0 Å². The number of carboxylic acids is 1. The van der Waals surface area contributed by atoms with Gasteiger partial charge < -0.3 is 9.84 Å². The fourth-order valence-corrected chi connectivity index (χ4v) is 3.68. The Hall–Kier alpha value is -1.80. The average Bonchev–Trinajstić information content (AvgIpc) is 2.70. The molecule has 0 fully saturated rings. The van der Waals surface area contributed by atoms with Gasteiger partial charge in [-0.1, -0.05) is 26.7 Å². The number of carbonyl (C=O) groups is 2. The second-order valence-electron chi connectivity index (χ2n) is 6.65. The number of ether oxygens (including phenoxy) is 1. The van der Waals surface area contributed by atoms with Crippen LogP contribution >= 0.6 is 31.9 Å². The molecule has 2 heterocycles. The van der Waals surface area contributed by atoms with E-state index in [0.717, 1.165) is 39.3 Å². The molecule has 2 unspecified atom stereocenters. The maximum Gasteiger partial charge on any atom is 0.313 e. The van der Waals surface area contributed by atoms with E-state index in [9.17, 15) is 9.59 Å². The van der Waals surface area contributed by atoms with E-state index < -0.39 is 11.9 Å². The quantitative estimate of drug-likeness (QED) is 0.384. The zero-order chi connectivity index (χ0) is 22.5. The lowest BCUT2D eigenvalue weighted by molar-refractivity contribution is -0.145. The smallest absolute Gasteiger partial charge is 0.313 e. The predicted molar refractivity (Wildman–Crippen MR) is 123 cm³/mol. The standard InChI is InChI=1S/C12H16BrNO2.C10H12BrNO2/c1-3-5-11(12(15)16-4-2)9-6-10(13)8-14-7-9;1-2-3-9(10(13)14)7-4-8(11)6-12-5-7/h6-8,11H,3-5H2,1-2H3;4-6,9H,2-3H2,1H3,(H,13,14). The molecule has 1 N–H and O–H groups in total. The maximum absolute atomic E-state index is 11.8. The summed E-state index contributed by atoms with van der Waals surface area (Å²) < 4.78 is 6.77. The zero-order valence-corrected chi connectivity index (χ0v) is 20.6. The van der Waals surface area contributed by atoms with Gasteiger partial charge in [0, 0.05) is 33.7 Å². The molecule has 2 rings (SSSR count). The second-order valence-corrected chi connectivity index (χ2v) is 8.48. The third-order valence-corrected chi connectivity index (χ3v) is 5.15. The monoisotopic (exact) mass is 542 g/mol. The summed E-state index contributed by atoms with van der Waals surface area (Å²) >= 11 is 6.63. The third kappa shape index (κ3) is 8.92. The Balaban J connectivity index is 0.000000303. The van der Waals surface area contributed by atoms with Crippen LogP contribution in [0.15, 0.2) is 45.9 Å². The van der Waals surface area contributed by atoms with Crippen molar-refractivity contribution in [3.05, 3.63) is 57.0 Å². The van der Waals surface area contributed by atoms with Gasteiger partial charge in [-0.15, -0.1) is 0 Å². The fourth-order valence-electron chi connectivity index (χ4n) is 2.91. The molecular formula is C22H28Br2N2O4. The van der Waals surface area contributed by atoms with Crippen LogP contribution in [-0.2, 0) is 14.3 Å². The number of nitrogens with zero attached hydrogens (tertiary/aromatic N) is 2. The van der Waals surface area contributed by atoms with Gasteiger partial charge in [-0.25, -0.2) is 0 Å². The molecule has 30 heavy (non-hydrogen) atoms. The van der Waals surface area contributed by atoms with E-state index in [2.05, 4.69) is 48.8 Å². The Morgan fingerprint density at radius 1 is 0.900 bits per heavy atom. The summed E-state index contributed by atoms with van der Waals surface area (Å²) in [7, 11) is 0. The molecule has 2 atom stereocenters. The summed E-state index contributed by atoms with van der Waals surface area (Å²) in [5, 5.41) is 9.01. The Morgan fingerprint density at radius 2 is 1.37 bits per heavy atom. The summed E-state index contributed by atoms with van der Waals surface area (Å²) in [6, 6.07) is 3.73. The topological polar surface area (TPSA) is 89.4 Å². The lowest BCUT2D eigenvalue weighted by atomic mass is 9.96. The van der Waals surface area contributed by atoms with Gasteiger partial charge in [-0.05, 0) is 74.9 Å². The van der Waals surface area contributed by atoms with E-state index in [0.29, 0.717) is 13.0 Å². The molecule has 164 valence electrons. The molecule has 0 aliphatic heterocycles. The van der Waals surface area contributed by atoms with Crippen LogP contribution in [0.3, 0.4) is 0 Å². The summed E-state index contributed by atoms with van der Waals surface area (Å²) in [6.45, 7) is 6.26. The van der Waals surface area contributed by atoms with Crippen molar-refractivity contribution in [1.82, 2.24) is 9.97 Å². The average molecular weight is 544 g/mol. The Labute approximate surface area is 194 Å². The van der Waals surface area contributed by atoms with Crippen molar-refractivity contribution in [1.29, 1.82) is 0 Å². The molecule has 0 saturated heterocycles. The minimum atomic E-state index is -0.785. The minimum Gasteiger partial charge on any atom is -0.481 e. The summed E-state index contributed by atoms with van der Waals surface area (Å²) in [5.41, 5.74) is 1.67. The Bertz CT molecular complexity index is 817. The molecule has 0 aliphatic carbocycles. The van der Waals surface area contributed by atoms with Crippen molar-refractivity contribution >= 4 is 43.8 Å². The van der Waals surface area contributed by atoms with Gasteiger partial charge in [0.1, 0.15) is 0 Å². The highest BCUT2D eigenvalue weighted by molar-refractivity contribution is 9.10. The van der Waals surface area contributed by atoms with Crippen molar-refractivity contribution < 1.29 is 19.4 Å². The van der Waals surface area contributed by atoms with Crippen molar-refractivity contribution in [2.75, 3.05) is 6.61 Å². The van der Waals surface area contributed by atoms with E-state index >= 15 is 0 Å². The van der Waals surface area contributed by atoms with Crippen LogP contribution in [-0.4, -0.2) is 33.6 Å². The van der Waals surface area contributed by atoms with Crippen molar-refractivity contribution in [2.45, 2.75) is 58.3 Å². The number of carboxylic acid groups (broad SMARTS) is 1. The van der Waals surface area contributed by atoms with E-state index in [1.807, 2.05) is 19.9 Å². The Morgan fingerprint density at radius 3 is 1.77 bits per heavy atom. The number of pyridine rings is 2. The number of aliphatic carboxylic acids is 1. The summed E-state index contributed by atoms with van der Waals surface area (Å²) in [6.07, 6.45) is 9.91. The molecule has 0 radical (unpaired) electrons. The van der Waals surface area contributed by atoms with Crippen LogP contribution in [0.25, 0.3) is 0 Å². The third-order valence-electron chi connectivity index (χ3n) is 4.28. The first-order chi connectivity index (χ1) is 14.3. The van der Waals surface area contributed by atoms with E-state index in [1.165, 1.54) is 0 Å². The fraction of sp³-hybridized carbons (Fsp3) is 0.455. The van der Waals surface area contributed by atoms with Gasteiger partial charge in [0.25, 0.3) is 0 Å². The number of rotatable bonds is 9. The first-order valence-electron chi connectivity index (χ1n) is 9.94. The molecule has 0 bridgehead atoms. The van der Waals surface area contributed by atoms with Gasteiger partial charge in [-0.3, -0.25) is 19.6 Å². The lowest BCUT2D eigenvalue weighted by Gasteiger charge is -2.14. The molecular weight excluding hydrogens is 516 g/mol. The maximum atomic E-state index is 11.8. The van der Waals surface area contributed by atoms with Crippen molar-refractivity contribution in [3.63, 3.8) is 0 Å². The van der Waals surface area contributed by atoms with Crippen LogP contribution in [0.5, 0.6) is 0 Å². The van der Waals surface area contributed by atoms with Crippen LogP contribution in [0.1, 0.15) is 69.4 Å². The molecule has 2 aromatic rings. The minimum absolute atomic E-state index is 0.163. The summed E-state index contributed by atoms with van der Waals surface area (Å²) in [5.74, 6) is -1.59. The van der Waals surface area contributed by atoms with Gasteiger partial charge in [0.15, 0.2) is 0 Å². The first-order valence-corrected chi connectivity index (χ1v) is 11.5. The van der Waals surface area contributed by atoms with Crippen LogP contribution in [0, 0.1) is 0 Å². The number of aromatic nitrogens is 2. The number of carbonyl (C=O) groups excluding carboxylic acids is 1. The predicted octanol–water partition coefficient (Wildman–Crippen LogP) is 6.10. The molecule has 0 saturated carbocycles. The van der Waals surface area contributed by atoms with Crippen LogP contribution < -0.4 is 0 Å². The van der Waals surface area contributed by atoms with Crippen LogP contribution in [0.4, 0.5) is 0 Å². The van der Waals surface area contributed by atoms with Crippen molar-refractivity contribution in [3.8, 4) is 0 Å². The summed E-state index contributed by atoms with van der Waals surface area (Å²) in [4.78, 5) is 30.8. The van der Waals surface area contributed by atoms with E-state index in [-0.39, 0.29) is 11.9 Å². The SMILES string of the molecule is CCCC(C(=O)O)c1cncc(Br)c1.CCCC(C(=O)OCC)c1cncc(Br)c1. The normalized spacial score (nSPS) is 12.3. The molecule has 0 aliphatic rings. The number of hydrogen-bond donors (Lipinski definition) is 1. The highest BCUT2D eigenvalue weighted by Crippen LogP contribution is 2.25. The largest absolute Gasteiger partial charge is 0.481 e. The first kappa shape index (κ1) is 26.2. The van der Waals surface area contributed by atoms with Crippen LogP contribution in [0.2, 0.25) is 0 Å². The molecule has 6 nitrogen and oxygen atoms in total. The van der Waals surface area contributed by atoms with Crippen molar-refractivity contribution in [2.24, 2.45) is 0 Å². The molecule has 0 aromatic carbocycles. The molecule has 0 spiro atoms. The number of esters is 1. The van der Waals surface area contributed by atoms with E-state index in [4.69, 9.17) is 9.84 Å². The number of halogens is 2. The molecule has 0 amide bonds. The van der Waals surface area contributed by atoms with Gasteiger partial charge >= 0.3 is 11.9 Å². The Kier molecular flexibility index (Phi) is 12.5. The number of hydrogen-bond acceptors (Lipinski definition) is 5. The lowest BCUT2D eigenvalue weighted by Crippen LogP contribution is -2.16. The molecule has 2 aromatic heterocycles. The zero-order valence-electron chi connectivity index (χ0n) is 17.5. The highest BCUT2D eigenvalue weighted by Gasteiger charge is 2.21. The highest BCUT2D eigenvalue weighted by atomic mass is 79.9. The van der Waals surface area contributed by atoms with Gasteiger partial charge in [0.2, 0.25) is 0 Å². The molecule has 8 heteroatoms. The van der Waals surface area contributed by atoms with E-state index in [1.54, 1.807) is 30.9 Å². The van der Waals surface area contributed by atoms with Gasteiger partial charge in [0.05, 0.1) is 18.4 Å². The second kappa shape index (κ2) is 14.2.